The summed E-state index contributed by atoms with van der Waals surface area (Å²) in [6.07, 6.45) is 9.51. The molecule has 0 bridgehead atoms. The molecule has 1 aliphatic rings. The Morgan fingerprint density at radius 3 is 2.69 bits per heavy atom. The zero-order valence-electron chi connectivity index (χ0n) is 11.1. The van der Waals surface area contributed by atoms with Crippen LogP contribution in [-0.2, 0) is 4.74 Å². The summed E-state index contributed by atoms with van der Waals surface area (Å²) in [7, 11) is 0. The van der Waals surface area contributed by atoms with Crippen LogP contribution in [-0.4, -0.2) is 25.8 Å². The molecule has 0 saturated heterocycles. The van der Waals surface area contributed by atoms with E-state index in [1.54, 1.807) is 0 Å². The van der Waals surface area contributed by atoms with Gasteiger partial charge < -0.3 is 10.1 Å². The molecule has 1 saturated carbocycles. The number of hydrogen-bond acceptors (Lipinski definition) is 2. The van der Waals surface area contributed by atoms with Gasteiger partial charge in [-0.25, -0.2) is 0 Å². The van der Waals surface area contributed by atoms with Gasteiger partial charge in [0.05, 0.1) is 0 Å². The standard InChI is InChI=1S/C14H29NO/c1-3-11-15-14-9-7-5-6-8-13(14)10-12-16-4-2/h13-15H,3-12H2,1-2H3. The molecule has 0 amide bonds. The van der Waals surface area contributed by atoms with Crippen LogP contribution >= 0.6 is 0 Å². The third-order valence-corrected chi connectivity index (χ3v) is 3.65. The molecule has 2 nitrogen and oxygen atoms in total. The highest BCUT2D eigenvalue weighted by Crippen LogP contribution is 2.26. The van der Waals surface area contributed by atoms with Crippen LogP contribution in [0.1, 0.15) is 58.8 Å². The molecule has 0 aromatic carbocycles. The van der Waals surface area contributed by atoms with Gasteiger partial charge in [-0.1, -0.05) is 26.2 Å². The van der Waals surface area contributed by atoms with Gasteiger partial charge in [-0.15, -0.1) is 0 Å². The minimum atomic E-state index is 0.753. The van der Waals surface area contributed by atoms with Gasteiger partial charge in [-0.2, -0.15) is 0 Å². The summed E-state index contributed by atoms with van der Waals surface area (Å²) in [5.41, 5.74) is 0. The van der Waals surface area contributed by atoms with Crippen LogP contribution < -0.4 is 5.32 Å². The van der Waals surface area contributed by atoms with Gasteiger partial charge in [0.15, 0.2) is 0 Å². The molecule has 0 spiro atoms. The summed E-state index contributed by atoms with van der Waals surface area (Å²) >= 11 is 0. The molecule has 0 radical (unpaired) electrons. The van der Waals surface area contributed by atoms with Crippen molar-refractivity contribution in [2.45, 2.75) is 64.8 Å². The molecule has 1 aliphatic carbocycles. The van der Waals surface area contributed by atoms with Gasteiger partial charge in [-0.3, -0.25) is 0 Å². The van der Waals surface area contributed by atoms with E-state index in [1.165, 1.54) is 51.5 Å². The van der Waals surface area contributed by atoms with Gasteiger partial charge in [0.1, 0.15) is 0 Å². The van der Waals surface area contributed by atoms with Gasteiger partial charge in [-0.05, 0) is 45.1 Å². The molecular formula is C14H29NO. The zero-order valence-corrected chi connectivity index (χ0v) is 11.1. The minimum Gasteiger partial charge on any atom is -0.382 e. The highest BCUT2D eigenvalue weighted by atomic mass is 16.5. The molecule has 0 aliphatic heterocycles. The SMILES string of the molecule is CCCNC1CCCCCC1CCOCC. The fourth-order valence-corrected chi connectivity index (χ4v) is 2.71. The highest BCUT2D eigenvalue weighted by Gasteiger charge is 2.22. The van der Waals surface area contributed by atoms with E-state index in [0.717, 1.165) is 25.2 Å². The third kappa shape index (κ3) is 5.31. The molecule has 2 unspecified atom stereocenters. The summed E-state index contributed by atoms with van der Waals surface area (Å²) in [5.74, 6) is 0.848. The van der Waals surface area contributed by atoms with Crippen LogP contribution in [0.15, 0.2) is 0 Å². The van der Waals surface area contributed by atoms with E-state index in [2.05, 4.69) is 19.2 Å². The number of rotatable bonds is 7. The molecule has 96 valence electrons. The largest absolute Gasteiger partial charge is 0.382 e. The average molecular weight is 227 g/mol. The van der Waals surface area contributed by atoms with Crippen molar-refractivity contribution in [3.05, 3.63) is 0 Å². The van der Waals surface area contributed by atoms with Crippen molar-refractivity contribution in [3.63, 3.8) is 0 Å². The molecule has 2 atom stereocenters. The van der Waals surface area contributed by atoms with Crippen molar-refractivity contribution in [2.75, 3.05) is 19.8 Å². The number of ether oxygens (including phenoxy) is 1. The topological polar surface area (TPSA) is 21.3 Å². The second kappa shape index (κ2) is 9.00. The van der Waals surface area contributed by atoms with Crippen molar-refractivity contribution in [1.82, 2.24) is 5.32 Å². The predicted octanol–water partition coefficient (Wildman–Crippen LogP) is 3.36. The van der Waals surface area contributed by atoms with Gasteiger partial charge in [0.25, 0.3) is 0 Å². The first-order chi connectivity index (χ1) is 7.88. The normalized spacial score (nSPS) is 26.6. The summed E-state index contributed by atoms with van der Waals surface area (Å²) in [6.45, 7) is 7.32. The smallest absolute Gasteiger partial charge is 0.0469 e. The highest BCUT2D eigenvalue weighted by molar-refractivity contribution is 4.79. The van der Waals surface area contributed by atoms with Crippen LogP contribution in [0.25, 0.3) is 0 Å². The van der Waals surface area contributed by atoms with Crippen LogP contribution in [0, 0.1) is 5.92 Å². The predicted molar refractivity (Wildman–Crippen MR) is 69.8 cm³/mol. The summed E-state index contributed by atoms with van der Waals surface area (Å²) < 4.78 is 5.50. The second-order valence-electron chi connectivity index (χ2n) is 4.94. The van der Waals surface area contributed by atoms with Crippen molar-refractivity contribution < 1.29 is 4.74 Å². The quantitative estimate of drug-likeness (QED) is 0.532. The fraction of sp³-hybridized carbons (Fsp3) is 1.00. The molecule has 1 N–H and O–H groups in total. The van der Waals surface area contributed by atoms with E-state index in [0.29, 0.717) is 0 Å². The third-order valence-electron chi connectivity index (χ3n) is 3.65. The van der Waals surface area contributed by atoms with Crippen LogP contribution in [0.2, 0.25) is 0 Å². The number of nitrogens with one attached hydrogen (secondary N) is 1. The molecule has 0 heterocycles. The van der Waals surface area contributed by atoms with E-state index in [4.69, 9.17) is 4.74 Å². The molecule has 1 rings (SSSR count). The van der Waals surface area contributed by atoms with Gasteiger partial charge in [0.2, 0.25) is 0 Å². The lowest BCUT2D eigenvalue weighted by atomic mass is 9.92. The van der Waals surface area contributed by atoms with Crippen molar-refractivity contribution in [3.8, 4) is 0 Å². The van der Waals surface area contributed by atoms with Crippen molar-refractivity contribution >= 4 is 0 Å². The lowest BCUT2D eigenvalue weighted by molar-refractivity contribution is 0.123. The molecule has 1 fully saturated rings. The Morgan fingerprint density at radius 1 is 1.12 bits per heavy atom. The Hall–Kier alpha value is -0.0800. The van der Waals surface area contributed by atoms with Gasteiger partial charge >= 0.3 is 0 Å². The second-order valence-corrected chi connectivity index (χ2v) is 4.94. The number of hydrogen-bond donors (Lipinski definition) is 1. The first-order valence-electron chi connectivity index (χ1n) is 7.19. The average Bonchev–Trinajstić information content (AvgIpc) is 2.52. The van der Waals surface area contributed by atoms with E-state index in [9.17, 15) is 0 Å². The van der Waals surface area contributed by atoms with Crippen molar-refractivity contribution in [2.24, 2.45) is 5.92 Å². The van der Waals surface area contributed by atoms with Crippen LogP contribution in [0.5, 0.6) is 0 Å². The Kier molecular flexibility index (Phi) is 7.87. The van der Waals surface area contributed by atoms with Crippen LogP contribution in [0.3, 0.4) is 0 Å². The monoisotopic (exact) mass is 227 g/mol. The summed E-state index contributed by atoms with van der Waals surface area (Å²) in [4.78, 5) is 0. The van der Waals surface area contributed by atoms with Crippen LogP contribution in [0.4, 0.5) is 0 Å². The maximum Gasteiger partial charge on any atom is 0.0469 e. The maximum atomic E-state index is 5.50. The molecule has 0 aromatic rings. The Bertz CT molecular complexity index is 161. The van der Waals surface area contributed by atoms with Crippen molar-refractivity contribution in [1.29, 1.82) is 0 Å². The molecular weight excluding hydrogens is 198 g/mol. The minimum absolute atomic E-state index is 0.753. The van der Waals surface area contributed by atoms with E-state index in [-0.39, 0.29) is 0 Å². The Labute approximate surface area is 101 Å². The Balaban J connectivity index is 2.32. The van der Waals surface area contributed by atoms with Gasteiger partial charge in [0, 0.05) is 19.3 Å². The molecule has 0 aromatic heterocycles. The first-order valence-corrected chi connectivity index (χ1v) is 7.19. The van der Waals surface area contributed by atoms with E-state index >= 15 is 0 Å². The first kappa shape index (κ1) is 14.0. The fourth-order valence-electron chi connectivity index (χ4n) is 2.71. The van der Waals surface area contributed by atoms with E-state index in [1.807, 2.05) is 0 Å². The Morgan fingerprint density at radius 2 is 1.94 bits per heavy atom. The summed E-state index contributed by atoms with van der Waals surface area (Å²) in [6, 6.07) is 0.753. The van der Waals surface area contributed by atoms with E-state index < -0.39 is 0 Å². The lowest BCUT2D eigenvalue weighted by Gasteiger charge is -2.26. The maximum absolute atomic E-state index is 5.50. The molecule has 16 heavy (non-hydrogen) atoms. The molecule has 2 heteroatoms. The zero-order chi connectivity index (χ0) is 11.6. The lowest BCUT2D eigenvalue weighted by Crippen LogP contribution is -2.36. The summed E-state index contributed by atoms with van der Waals surface area (Å²) in [5, 5.41) is 3.73.